The molecule has 19 heteroatoms. The summed E-state index contributed by atoms with van der Waals surface area (Å²) in [5, 5.41) is 20.4. The number of benzene rings is 2. The average molecular weight is 1040 g/mol. The number of halogens is 4. The minimum absolute atomic E-state index is 0.0690. The molecule has 2 fully saturated rings. The van der Waals surface area contributed by atoms with Crippen LogP contribution in [0.1, 0.15) is 66.5 Å². The quantitative estimate of drug-likeness (QED) is 0.0354. The monoisotopic (exact) mass is 1040 g/mol. The molecule has 2 heterocycles. The summed E-state index contributed by atoms with van der Waals surface area (Å²) in [6.45, 7) is 26.7. The average Bonchev–Trinajstić information content (AvgIpc) is 3.64. The Hall–Kier alpha value is -2.76. The van der Waals surface area contributed by atoms with Crippen LogP contribution in [0, 0.1) is 17.6 Å². The van der Waals surface area contributed by atoms with Crippen molar-refractivity contribution in [3.63, 3.8) is 0 Å². The predicted octanol–water partition coefficient (Wildman–Crippen LogP) is 9.35. The molecule has 0 aromatic heterocycles. The van der Waals surface area contributed by atoms with Crippen molar-refractivity contribution in [1.82, 2.24) is 5.06 Å². The second-order valence-electron chi connectivity index (χ2n) is 18.1. The van der Waals surface area contributed by atoms with E-state index in [1.807, 2.05) is 13.0 Å². The van der Waals surface area contributed by atoms with Crippen LogP contribution in [0.25, 0.3) is 0 Å². The van der Waals surface area contributed by atoms with E-state index in [0.29, 0.717) is 49.5 Å². The Morgan fingerprint density at radius 2 is 1.42 bits per heavy atom. The minimum atomic E-state index is -1.98. The molecule has 0 saturated carbocycles. The summed E-state index contributed by atoms with van der Waals surface area (Å²) >= 11 is 6.48. The fourth-order valence-corrected chi connectivity index (χ4v) is 9.09. The van der Waals surface area contributed by atoms with E-state index in [-0.39, 0.29) is 53.4 Å². The highest BCUT2D eigenvalue weighted by atomic mass is 79.9. The van der Waals surface area contributed by atoms with E-state index < -0.39 is 40.3 Å². The first-order chi connectivity index (χ1) is 28.5. The molecule has 2 aromatic carbocycles. The zero-order chi connectivity index (χ0) is 47.5. The van der Waals surface area contributed by atoms with Crippen molar-refractivity contribution in [2.75, 3.05) is 34.5 Å². The molecule has 0 amide bonds. The van der Waals surface area contributed by atoms with Crippen molar-refractivity contribution in [3.05, 3.63) is 68.1 Å². The fourth-order valence-electron chi connectivity index (χ4n) is 5.86. The number of aliphatic hydroxyl groups excluding tert-OH is 1. The zero-order valence-corrected chi connectivity index (χ0v) is 43.9. The van der Waals surface area contributed by atoms with Gasteiger partial charge in [-0.1, -0.05) is 53.7 Å². The van der Waals surface area contributed by atoms with E-state index >= 15 is 0 Å². The normalized spacial score (nSPS) is 20.1. The molecule has 2 aliphatic heterocycles. The molecule has 0 unspecified atom stereocenters. The third-order valence-electron chi connectivity index (χ3n) is 11.3. The molecular formula is C43H67Br2F2N2O11Si2+. The molecule has 2 aliphatic rings. The Labute approximate surface area is 385 Å². The number of esters is 2. The fraction of sp³-hybridized carbons (Fsp3) is 0.605. The summed E-state index contributed by atoms with van der Waals surface area (Å²) < 4.78 is 61.4. The smallest absolute Gasteiger partial charge is 0.399 e. The van der Waals surface area contributed by atoms with Gasteiger partial charge >= 0.3 is 11.9 Å². The van der Waals surface area contributed by atoms with E-state index in [2.05, 4.69) is 104 Å². The van der Waals surface area contributed by atoms with Crippen LogP contribution in [0.15, 0.2) is 45.4 Å². The first-order valence-electron chi connectivity index (χ1n) is 20.2. The molecule has 2 N–H and O–H groups in total. The van der Waals surface area contributed by atoms with Crippen LogP contribution in [0.5, 0.6) is 11.5 Å². The highest BCUT2D eigenvalue weighted by Gasteiger charge is 2.57. The molecular weight excluding hydrogens is 974 g/mol. The van der Waals surface area contributed by atoms with Crippen LogP contribution < -0.4 is 9.47 Å². The Bertz CT molecular complexity index is 1890. The summed E-state index contributed by atoms with van der Waals surface area (Å²) in [5.74, 6) is -1.17. The van der Waals surface area contributed by atoms with Gasteiger partial charge in [-0.3, -0.25) is 14.8 Å². The molecule has 0 spiro atoms. The number of ether oxygens (including phenoxy) is 4. The number of hydroxylamine groups is 3. The first-order valence-corrected chi connectivity index (χ1v) is 27.6. The van der Waals surface area contributed by atoms with Crippen molar-refractivity contribution >= 4 is 66.6 Å². The number of hydrogen-bond donors (Lipinski definition) is 2. The third kappa shape index (κ3) is 15.7. The van der Waals surface area contributed by atoms with Gasteiger partial charge in [0.05, 0.1) is 67.6 Å². The highest BCUT2D eigenvalue weighted by molar-refractivity contribution is 9.11. The third-order valence-corrected chi connectivity index (χ3v) is 21.5. The highest BCUT2D eigenvalue weighted by Crippen LogP contribution is 2.43. The largest absolute Gasteiger partial charge is 0.495 e. The van der Waals surface area contributed by atoms with Crippen LogP contribution in [-0.2, 0) is 45.8 Å². The van der Waals surface area contributed by atoms with Gasteiger partial charge in [0.15, 0.2) is 16.6 Å². The Balaban J connectivity index is 0.000000353. The summed E-state index contributed by atoms with van der Waals surface area (Å²) in [6, 6.07) is 4.63. The molecule has 0 bridgehead atoms. The van der Waals surface area contributed by atoms with Crippen LogP contribution in [-0.4, -0.2) is 114 Å². The van der Waals surface area contributed by atoms with E-state index in [0.717, 1.165) is 6.21 Å². The van der Waals surface area contributed by atoms with Gasteiger partial charge in [0.25, 0.3) is 6.21 Å². The van der Waals surface area contributed by atoms with E-state index in [1.54, 1.807) is 18.1 Å². The molecule has 13 nitrogen and oxygen atoms in total. The van der Waals surface area contributed by atoms with Crippen molar-refractivity contribution < 1.29 is 66.1 Å². The van der Waals surface area contributed by atoms with Crippen LogP contribution >= 0.6 is 31.9 Å². The first kappa shape index (κ1) is 55.4. The summed E-state index contributed by atoms with van der Waals surface area (Å²) in [4.78, 5) is 29.7. The Morgan fingerprint density at radius 3 is 1.90 bits per heavy atom. The van der Waals surface area contributed by atoms with Crippen LogP contribution in [0.4, 0.5) is 8.78 Å². The minimum Gasteiger partial charge on any atom is -0.495 e. The SMILES string of the molecule is COC(=O)/C=[N+](\O)Cc1cc(F)cc(Br)c1OC.COc1c(Br)cc(F)cc1CN1O[C@@H](CO[Si](C)(C)C(C)(C)C)[C@H]2[C@H](C)OC(=O)[C@H]21.C[C@H](O)/C=C\CO[Si](C)(C)C(C)(C)C. The Kier molecular flexibility index (Phi) is 20.9. The predicted molar refractivity (Wildman–Crippen MR) is 246 cm³/mol. The molecule has 62 heavy (non-hydrogen) atoms. The van der Waals surface area contributed by atoms with Crippen molar-refractivity contribution in [3.8, 4) is 11.5 Å². The summed E-state index contributed by atoms with van der Waals surface area (Å²) in [5.41, 5.74) is 0.966. The van der Waals surface area contributed by atoms with Gasteiger partial charge < -0.3 is 32.9 Å². The standard InChI is InChI=1S/C21H31BrFNO5Si.C11H12BrFNO4.C11H24O2Si/c1-12-17-16(11-27-30(6,7)21(2,3)4)29-24(18(17)20(25)28-12)10-13-8-14(23)9-15(22)19(13)26-5;1-17-10(15)6-14(16)5-7-3-8(13)4-9(12)11(7)18-2;1-10(12)8-7-9-13-14(5,6)11(2,3)4/h8-9,12,16-18H,10-11H2,1-7H3;3-4,6,16H,5H2,1-2H3;7-8,10,12H,9H2,1-6H3/q;+1;/b;14-6-;8-7-/t12-,16-,17+,18-;;10-/m0.0/s1. The number of methoxy groups -OCH3 is 3. The van der Waals surface area contributed by atoms with Crippen LogP contribution in [0.2, 0.25) is 36.3 Å². The van der Waals surface area contributed by atoms with Gasteiger partial charge in [-0.2, -0.15) is 5.06 Å². The maximum Gasteiger partial charge on any atom is 0.399 e. The number of hydrogen-bond acceptors (Lipinski definition) is 12. The maximum absolute atomic E-state index is 14.0. The van der Waals surface area contributed by atoms with Crippen molar-refractivity contribution in [1.29, 1.82) is 0 Å². The van der Waals surface area contributed by atoms with Gasteiger partial charge in [-0.25, -0.2) is 13.6 Å². The van der Waals surface area contributed by atoms with E-state index in [4.69, 9.17) is 33.0 Å². The second-order valence-corrected chi connectivity index (χ2v) is 29.4. The van der Waals surface area contributed by atoms with Crippen LogP contribution in [0.3, 0.4) is 0 Å². The van der Waals surface area contributed by atoms with E-state index in [9.17, 15) is 23.6 Å². The summed E-state index contributed by atoms with van der Waals surface area (Å²) in [7, 11) is 0.544. The maximum atomic E-state index is 14.0. The number of carbonyl (C=O) groups is 2. The van der Waals surface area contributed by atoms with Gasteiger partial charge in [-0.15, -0.1) is 0 Å². The van der Waals surface area contributed by atoms with Gasteiger partial charge in [0, 0.05) is 5.56 Å². The van der Waals surface area contributed by atoms with Gasteiger partial charge in [0.2, 0.25) is 6.54 Å². The lowest BCUT2D eigenvalue weighted by atomic mass is 9.93. The molecule has 0 aliphatic carbocycles. The zero-order valence-electron chi connectivity index (χ0n) is 38.7. The lowest BCUT2D eigenvalue weighted by molar-refractivity contribution is -0.783. The molecule has 2 saturated heterocycles. The number of cyclic esters (lactones) is 1. The number of nitrogens with zero attached hydrogens (tertiary/aromatic N) is 2. The number of rotatable bonds is 14. The lowest BCUT2D eigenvalue weighted by Gasteiger charge is -2.37. The number of carbonyl (C=O) groups excluding carboxylic acids is 2. The van der Waals surface area contributed by atoms with Crippen molar-refractivity contribution in [2.45, 2.75) is 129 Å². The topological polar surface area (TPSA) is 145 Å². The van der Waals surface area contributed by atoms with Crippen molar-refractivity contribution in [2.24, 2.45) is 5.92 Å². The molecule has 2 aromatic rings. The number of aliphatic hydroxyl groups is 1. The molecule has 5 atom stereocenters. The number of fused-ring (bicyclic) bond motifs is 1. The Morgan fingerprint density at radius 1 is 0.919 bits per heavy atom. The van der Waals surface area contributed by atoms with E-state index in [1.165, 1.54) is 45.6 Å². The molecule has 0 radical (unpaired) electrons. The summed E-state index contributed by atoms with van der Waals surface area (Å²) in [6.07, 6.45) is 3.53. The second kappa shape index (κ2) is 23.4. The molecule has 4 rings (SSSR count). The van der Waals surface area contributed by atoms with Gasteiger partial charge in [0.1, 0.15) is 41.4 Å². The lowest BCUT2D eigenvalue weighted by Crippen LogP contribution is -2.44. The molecule has 350 valence electrons. The van der Waals surface area contributed by atoms with Gasteiger partial charge in [-0.05, 0) is 111 Å².